The second-order valence-electron chi connectivity index (χ2n) is 3.26. The molecule has 0 bridgehead atoms. The molecule has 0 amide bonds. The molecule has 0 spiro atoms. The van der Waals surface area contributed by atoms with Gasteiger partial charge in [0.1, 0.15) is 0 Å². The molecule has 0 aliphatic rings. The summed E-state index contributed by atoms with van der Waals surface area (Å²) in [7, 11) is 1.71. The average molecular weight is 248 g/mol. The van der Waals surface area contributed by atoms with Crippen molar-refractivity contribution < 1.29 is 8.42 Å². The van der Waals surface area contributed by atoms with Crippen molar-refractivity contribution >= 4 is 19.9 Å². The third-order valence-electron chi connectivity index (χ3n) is 1.98. The van der Waals surface area contributed by atoms with Crippen LogP contribution in [0.3, 0.4) is 0 Å². The molecule has 1 rings (SSSR count). The van der Waals surface area contributed by atoms with E-state index in [1.165, 1.54) is 4.31 Å². The van der Waals surface area contributed by atoms with Crippen LogP contribution in [0.25, 0.3) is 0 Å². The van der Waals surface area contributed by atoms with Crippen LogP contribution in [0, 0.1) is 0 Å². The van der Waals surface area contributed by atoms with Crippen molar-refractivity contribution in [1.82, 2.24) is 4.31 Å². The van der Waals surface area contributed by atoms with Gasteiger partial charge in [0, 0.05) is 23.8 Å². The monoisotopic (exact) mass is 247 g/mol. The summed E-state index contributed by atoms with van der Waals surface area (Å²) < 4.78 is 23.7. The molecule has 0 aromatic heterocycles. The molecular weight excluding hydrogens is 234 g/mol. The van der Waals surface area contributed by atoms with Crippen LogP contribution in [0.1, 0.15) is 18.9 Å². The van der Waals surface area contributed by atoms with Crippen molar-refractivity contribution in [1.29, 1.82) is 0 Å². The summed E-state index contributed by atoms with van der Waals surface area (Å²) >= 11 is 0. The molecule has 0 saturated carbocycles. The highest BCUT2D eigenvalue weighted by Crippen LogP contribution is 2.12. The quantitative estimate of drug-likeness (QED) is 0.750. The Morgan fingerprint density at radius 3 is 2.33 bits per heavy atom. The zero-order valence-electron chi connectivity index (χ0n) is 8.56. The van der Waals surface area contributed by atoms with E-state index in [-0.39, 0.29) is 0 Å². The maximum absolute atomic E-state index is 11.2. The van der Waals surface area contributed by atoms with Crippen molar-refractivity contribution in [2.45, 2.75) is 19.9 Å². The van der Waals surface area contributed by atoms with Crippen molar-refractivity contribution in [2.75, 3.05) is 6.54 Å². The maximum Gasteiger partial charge on any atom is 0.300 e. The fraction of sp³-hybridized carbons (Fsp3) is 0.400. The fourth-order valence-electron chi connectivity index (χ4n) is 1.30. The lowest BCUT2D eigenvalue weighted by atomic mass is 10.2. The van der Waals surface area contributed by atoms with Gasteiger partial charge < -0.3 is 0 Å². The molecule has 0 unspecified atom stereocenters. The predicted octanol–water partition coefficient (Wildman–Crippen LogP) is 2.38. The van der Waals surface area contributed by atoms with Gasteiger partial charge in [0.05, 0.1) is 0 Å². The van der Waals surface area contributed by atoms with Crippen molar-refractivity contribution in [3.63, 3.8) is 0 Å². The van der Waals surface area contributed by atoms with Crippen LogP contribution >= 0.6 is 10.7 Å². The van der Waals surface area contributed by atoms with E-state index in [2.05, 4.69) is 0 Å². The Balaban J connectivity index is 2.76. The lowest BCUT2D eigenvalue weighted by Crippen LogP contribution is -2.27. The van der Waals surface area contributed by atoms with Crippen LogP contribution in [-0.4, -0.2) is 19.3 Å². The number of halogens is 1. The first kappa shape index (κ1) is 12.5. The van der Waals surface area contributed by atoms with E-state index < -0.39 is 9.24 Å². The van der Waals surface area contributed by atoms with E-state index in [1.807, 2.05) is 37.3 Å². The topological polar surface area (TPSA) is 37.4 Å². The van der Waals surface area contributed by atoms with Crippen LogP contribution in [0.5, 0.6) is 0 Å². The van der Waals surface area contributed by atoms with E-state index in [0.29, 0.717) is 13.1 Å². The molecule has 0 aliphatic heterocycles. The predicted molar refractivity (Wildman–Crippen MR) is 61.9 cm³/mol. The molecule has 1 aromatic rings. The Hall–Kier alpha value is -0.580. The largest absolute Gasteiger partial charge is 0.300 e. The first-order valence-electron chi connectivity index (χ1n) is 4.77. The highest BCUT2D eigenvalue weighted by atomic mass is 35.7. The average Bonchev–Trinajstić information content (AvgIpc) is 2.17. The van der Waals surface area contributed by atoms with Crippen LogP contribution in [-0.2, 0) is 15.8 Å². The van der Waals surface area contributed by atoms with E-state index in [9.17, 15) is 8.42 Å². The second-order valence-corrected chi connectivity index (χ2v) is 5.77. The minimum Gasteiger partial charge on any atom is -0.195 e. The van der Waals surface area contributed by atoms with Gasteiger partial charge in [-0.1, -0.05) is 37.3 Å². The third kappa shape index (κ3) is 4.20. The molecule has 15 heavy (non-hydrogen) atoms. The number of hydrogen-bond donors (Lipinski definition) is 0. The van der Waals surface area contributed by atoms with Gasteiger partial charge in [-0.05, 0) is 12.0 Å². The van der Waals surface area contributed by atoms with Crippen LogP contribution in [0.2, 0.25) is 0 Å². The normalized spacial score (nSPS) is 11.9. The Labute approximate surface area is 95.2 Å². The standard InChI is InChI=1S/C10H14ClNO2S/c1-2-8-12(15(11,13)14)9-10-6-4-3-5-7-10/h3-7H,2,8-9H2,1H3. The highest BCUT2D eigenvalue weighted by molar-refractivity contribution is 8.11. The Kier molecular flexibility index (Phi) is 4.57. The molecule has 5 heteroatoms. The van der Waals surface area contributed by atoms with Crippen molar-refractivity contribution in [2.24, 2.45) is 0 Å². The van der Waals surface area contributed by atoms with Crippen molar-refractivity contribution in [3.8, 4) is 0 Å². The summed E-state index contributed by atoms with van der Waals surface area (Å²) in [6.45, 7) is 2.70. The number of hydrogen-bond acceptors (Lipinski definition) is 2. The van der Waals surface area contributed by atoms with E-state index in [1.54, 1.807) is 0 Å². The summed E-state index contributed by atoms with van der Waals surface area (Å²) in [6.07, 6.45) is 0.749. The zero-order valence-corrected chi connectivity index (χ0v) is 10.1. The molecule has 0 aliphatic carbocycles. The summed E-state index contributed by atoms with van der Waals surface area (Å²) in [5.74, 6) is 0. The lowest BCUT2D eigenvalue weighted by molar-refractivity contribution is 0.416. The molecule has 0 saturated heterocycles. The van der Waals surface area contributed by atoms with Crippen LogP contribution < -0.4 is 0 Å². The van der Waals surface area contributed by atoms with Crippen LogP contribution in [0.15, 0.2) is 30.3 Å². The first-order valence-corrected chi connectivity index (χ1v) is 7.04. The molecular formula is C10H14ClNO2S. The van der Waals surface area contributed by atoms with Gasteiger partial charge in [0.25, 0.3) is 9.24 Å². The number of nitrogens with zero attached hydrogens (tertiary/aromatic N) is 1. The number of rotatable bonds is 5. The van der Waals surface area contributed by atoms with Gasteiger partial charge in [0.2, 0.25) is 0 Å². The fourth-order valence-corrected chi connectivity index (χ4v) is 2.36. The summed E-state index contributed by atoms with van der Waals surface area (Å²) in [5.41, 5.74) is 0.940. The molecule has 0 heterocycles. The SMILES string of the molecule is CCCN(Cc1ccccc1)S(=O)(=O)Cl. The van der Waals surface area contributed by atoms with Gasteiger partial charge in [-0.15, -0.1) is 0 Å². The molecule has 0 atom stereocenters. The maximum atomic E-state index is 11.2. The van der Waals surface area contributed by atoms with Gasteiger partial charge in [0.15, 0.2) is 0 Å². The minimum atomic E-state index is -3.62. The summed E-state index contributed by atoms with van der Waals surface area (Å²) in [6, 6.07) is 9.40. The molecule has 0 fully saturated rings. The third-order valence-corrected chi connectivity index (χ3v) is 3.50. The van der Waals surface area contributed by atoms with E-state index >= 15 is 0 Å². The summed E-state index contributed by atoms with van der Waals surface area (Å²) in [5, 5.41) is 0. The highest BCUT2D eigenvalue weighted by Gasteiger charge is 2.17. The molecule has 0 N–H and O–H groups in total. The Morgan fingerprint density at radius 2 is 1.87 bits per heavy atom. The minimum absolute atomic E-state index is 0.334. The molecule has 0 radical (unpaired) electrons. The van der Waals surface area contributed by atoms with Gasteiger partial charge in [-0.2, -0.15) is 12.7 Å². The van der Waals surface area contributed by atoms with Gasteiger partial charge in [-0.3, -0.25) is 0 Å². The Morgan fingerprint density at radius 1 is 1.27 bits per heavy atom. The molecule has 3 nitrogen and oxygen atoms in total. The van der Waals surface area contributed by atoms with Crippen molar-refractivity contribution in [3.05, 3.63) is 35.9 Å². The molecule has 1 aromatic carbocycles. The first-order chi connectivity index (χ1) is 7.04. The van der Waals surface area contributed by atoms with Gasteiger partial charge >= 0.3 is 0 Å². The van der Waals surface area contributed by atoms with Gasteiger partial charge in [-0.25, -0.2) is 0 Å². The summed E-state index contributed by atoms with van der Waals surface area (Å²) in [4.78, 5) is 0. The van der Waals surface area contributed by atoms with E-state index in [0.717, 1.165) is 12.0 Å². The molecule has 84 valence electrons. The second kappa shape index (κ2) is 5.49. The Bertz CT molecular complexity index is 391. The van der Waals surface area contributed by atoms with Crippen LogP contribution in [0.4, 0.5) is 0 Å². The smallest absolute Gasteiger partial charge is 0.195 e. The number of benzene rings is 1. The zero-order chi connectivity index (χ0) is 11.3. The van der Waals surface area contributed by atoms with E-state index in [4.69, 9.17) is 10.7 Å². The lowest BCUT2D eigenvalue weighted by Gasteiger charge is -2.17.